The molecule has 0 spiro atoms. The fraction of sp³-hybridized carbons (Fsp3) is 0.571. The summed E-state index contributed by atoms with van der Waals surface area (Å²) < 4.78 is -0.580. The van der Waals surface area contributed by atoms with Crippen molar-refractivity contribution in [3.63, 3.8) is 0 Å². The minimum absolute atomic E-state index is 0.0889. The van der Waals surface area contributed by atoms with Crippen molar-refractivity contribution in [1.82, 2.24) is 20.3 Å². The zero-order valence-corrected chi connectivity index (χ0v) is 11.3. The molecule has 3 heterocycles. The minimum Gasteiger partial charge on any atom is -0.324 e. The molecule has 1 aromatic rings. The van der Waals surface area contributed by atoms with Gasteiger partial charge in [-0.05, 0) is 0 Å². The molecular weight excluding hydrogens is 348 g/mol. The van der Waals surface area contributed by atoms with E-state index in [9.17, 15) is 4.79 Å². The number of nitrogens with one attached hydrogen (secondary N) is 1. The van der Waals surface area contributed by atoms with Crippen LogP contribution in [0, 0.1) is 0 Å². The van der Waals surface area contributed by atoms with Crippen LogP contribution in [0.1, 0.15) is 10.9 Å². The van der Waals surface area contributed by atoms with Crippen molar-refractivity contribution >= 4 is 49.5 Å². The maximum atomic E-state index is 11.7. The first-order valence-corrected chi connectivity index (χ1v) is 6.83. The Labute approximate surface area is 107 Å². The Kier molecular flexibility index (Phi) is 2.16. The molecule has 0 bridgehead atoms. The van der Waals surface area contributed by atoms with Gasteiger partial charge in [0, 0.05) is 6.54 Å². The predicted molar refractivity (Wildman–Crippen MR) is 62.8 cm³/mol. The van der Waals surface area contributed by atoms with Crippen LogP contribution >= 0.6 is 43.6 Å². The van der Waals surface area contributed by atoms with E-state index < -0.39 is 3.23 Å². The number of carbonyl (C=O) groups is 1. The van der Waals surface area contributed by atoms with E-state index in [-0.39, 0.29) is 16.5 Å². The highest BCUT2D eigenvalue weighted by Crippen LogP contribution is 2.57. The van der Waals surface area contributed by atoms with Crippen molar-refractivity contribution < 1.29 is 4.79 Å². The number of hydrogen-bond donors (Lipinski definition) is 1. The molecule has 80 valence electrons. The van der Waals surface area contributed by atoms with Crippen LogP contribution in [0.25, 0.3) is 0 Å². The van der Waals surface area contributed by atoms with Gasteiger partial charge in [-0.3, -0.25) is 4.79 Å². The van der Waals surface area contributed by atoms with Crippen molar-refractivity contribution in [2.45, 2.75) is 13.9 Å². The number of thioether (sulfide) groups is 1. The molecule has 0 radical (unpaired) electrons. The third kappa shape index (κ3) is 1.31. The zero-order chi connectivity index (χ0) is 10.6. The van der Waals surface area contributed by atoms with Gasteiger partial charge in [-0.1, -0.05) is 31.9 Å². The number of amides is 1. The van der Waals surface area contributed by atoms with Crippen LogP contribution in [0.2, 0.25) is 0 Å². The zero-order valence-electron chi connectivity index (χ0n) is 7.35. The summed E-state index contributed by atoms with van der Waals surface area (Å²) in [5.74, 6) is 0.0889. The second kappa shape index (κ2) is 3.21. The molecule has 1 unspecified atom stereocenters. The van der Waals surface area contributed by atoms with Crippen LogP contribution in [-0.2, 0) is 4.79 Å². The van der Waals surface area contributed by atoms with Crippen LogP contribution in [0.15, 0.2) is 6.20 Å². The molecule has 2 fully saturated rings. The lowest BCUT2D eigenvalue weighted by molar-refractivity contribution is -0.140. The van der Waals surface area contributed by atoms with Crippen LogP contribution < -0.4 is 0 Å². The fourth-order valence-corrected chi connectivity index (χ4v) is 4.79. The average Bonchev–Trinajstić information content (AvgIpc) is 2.85. The van der Waals surface area contributed by atoms with Crippen molar-refractivity contribution in [1.29, 1.82) is 0 Å². The number of H-pyrrole nitrogens is 1. The fourth-order valence-electron chi connectivity index (χ4n) is 1.78. The Morgan fingerprint density at radius 3 is 3.07 bits per heavy atom. The lowest BCUT2D eigenvalue weighted by atomic mass is 10.2. The van der Waals surface area contributed by atoms with E-state index in [1.165, 1.54) is 0 Å². The summed E-state index contributed by atoms with van der Waals surface area (Å²) in [4.78, 5) is 13.5. The molecule has 5 nitrogen and oxygen atoms in total. The number of halogens is 2. The Morgan fingerprint density at radius 1 is 1.67 bits per heavy atom. The molecule has 2 atom stereocenters. The first-order valence-electron chi connectivity index (χ1n) is 4.30. The molecule has 1 aromatic heterocycles. The minimum atomic E-state index is -0.580. The Morgan fingerprint density at radius 2 is 2.47 bits per heavy atom. The molecule has 1 N–H and O–H groups in total. The molecule has 15 heavy (non-hydrogen) atoms. The van der Waals surface area contributed by atoms with E-state index in [1.54, 1.807) is 18.0 Å². The van der Waals surface area contributed by atoms with Gasteiger partial charge in [0.05, 0.1) is 17.1 Å². The molecule has 3 rings (SSSR count). The lowest BCUT2D eigenvalue weighted by Crippen LogP contribution is -2.63. The van der Waals surface area contributed by atoms with Gasteiger partial charge < -0.3 is 4.90 Å². The molecule has 1 amide bonds. The Bertz CT molecular complexity index is 409. The third-order valence-corrected chi connectivity index (χ3v) is 6.30. The van der Waals surface area contributed by atoms with Crippen molar-refractivity contribution in [3.05, 3.63) is 11.9 Å². The molecule has 0 aliphatic carbocycles. The number of nitrogens with zero attached hydrogens (tertiary/aromatic N) is 3. The van der Waals surface area contributed by atoms with Crippen molar-refractivity contribution in [3.8, 4) is 0 Å². The molecule has 2 saturated heterocycles. The second-order valence-electron chi connectivity index (χ2n) is 3.45. The highest BCUT2D eigenvalue weighted by Gasteiger charge is 2.62. The monoisotopic (exact) mass is 352 g/mol. The van der Waals surface area contributed by atoms with E-state index in [0.29, 0.717) is 6.54 Å². The highest BCUT2D eigenvalue weighted by molar-refractivity contribution is 9.26. The Hall–Kier alpha value is -0.0800. The van der Waals surface area contributed by atoms with Crippen LogP contribution in [0.4, 0.5) is 0 Å². The number of carbonyl (C=O) groups excluding carboxylic acids is 1. The first kappa shape index (κ1) is 10.1. The molecule has 8 heteroatoms. The van der Waals surface area contributed by atoms with Crippen LogP contribution in [0.5, 0.6) is 0 Å². The quantitative estimate of drug-likeness (QED) is 0.609. The topological polar surface area (TPSA) is 61.9 Å². The maximum absolute atomic E-state index is 11.7. The molecule has 0 aromatic carbocycles. The largest absolute Gasteiger partial charge is 0.324 e. The van der Waals surface area contributed by atoms with E-state index in [2.05, 4.69) is 47.3 Å². The summed E-state index contributed by atoms with van der Waals surface area (Å²) in [6.45, 7) is 0.708. The molecular formula is C7H6Br2N4OS. The van der Waals surface area contributed by atoms with E-state index in [1.807, 2.05) is 4.90 Å². The summed E-state index contributed by atoms with van der Waals surface area (Å²) in [5.41, 5.74) is 0.901. The van der Waals surface area contributed by atoms with Crippen molar-refractivity contribution in [2.24, 2.45) is 0 Å². The Balaban J connectivity index is 1.83. The van der Waals surface area contributed by atoms with Gasteiger partial charge >= 0.3 is 0 Å². The number of β-lactam (4-membered cyclic amide) rings is 1. The van der Waals surface area contributed by atoms with Gasteiger partial charge in [0.15, 0.2) is 3.23 Å². The van der Waals surface area contributed by atoms with Gasteiger partial charge in [0.1, 0.15) is 5.37 Å². The summed E-state index contributed by atoms with van der Waals surface area (Å²) in [5, 5.41) is 10.8. The van der Waals surface area contributed by atoms with E-state index >= 15 is 0 Å². The standard InChI is InChI=1S/C7H6Br2N4OS/c8-7(9)5(14)13-2-4(15-6(7)13)3-1-10-12-11-3/h1,4,6H,2H2,(H,10,11,12)/t4?,6-/m1/s1. The highest BCUT2D eigenvalue weighted by atomic mass is 79.9. The maximum Gasteiger partial charge on any atom is 0.254 e. The summed E-state index contributed by atoms with van der Waals surface area (Å²) in [6, 6.07) is 0. The summed E-state index contributed by atoms with van der Waals surface area (Å²) in [7, 11) is 0. The molecule has 2 aliphatic rings. The van der Waals surface area contributed by atoms with Crippen LogP contribution in [-0.4, -0.2) is 41.4 Å². The summed E-state index contributed by atoms with van der Waals surface area (Å²) >= 11 is 8.49. The van der Waals surface area contributed by atoms with E-state index in [4.69, 9.17) is 0 Å². The van der Waals surface area contributed by atoms with E-state index in [0.717, 1.165) is 5.69 Å². The van der Waals surface area contributed by atoms with Gasteiger partial charge in [-0.2, -0.15) is 15.4 Å². The number of hydrogen-bond acceptors (Lipinski definition) is 4. The number of fused-ring (bicyclic) bond motifs is 1. The van der Waals surface area contributed by atoms with Gasteiger partial charge in [0.2, 0.25) is 0 Å². The number of alkyl halides is 2. The average molecular weight is 354 g/mol. The molecule has 0 saturated carbocycles. The van der Waals surface area contributed by atoms with Gasteiger partial charge in [-0.15, -0.1) is 11.8 Å². The number of rotatable bonds is 1. The third-order valence-electron chi connectivity index (χ3n) is 2.56. The SMILES string of the molecule is O=C1N2CC(c3cn[nH]n3)S[C@@H]2C1(Br)Br. The number of aromatic nitrogens is 3. The molecule has 2 aliphatic heterocycles. The number of aromatic amines is 1. The normalized spacial score (nSPS) is 32.7. The first-order chi connectivity index (χ1) is 7.10. The lowest BCUT2D eigenvalue weighted by Gasteiger charge is -2.44. The van der Waals surface area contributed by atoms with Crippen molar-refractivity contribution in [2.75, 3.05) is 6.54 Å². The van der Waals surface area contributed by atoms with Crippen LogP contribution in [0.3, 0.4) is 0 Å². The smallest absolute Gasteiger partial charge is 0.254 e. The summed E-state index contributed by atoms with van der Waals surface area (Å²) in [6.07, 6.45) is 1.71. The van der Waals surface area contributed by atoms with Gasteiger partial charge in [-0.25, -0.2) is 0 Å². The van der Waals surface area contributed by atoms with Gasteiger partial charge in [0.25, 0.3) is 5.91 Å². The second-order valence-corrected chi connectivity index (χ2v) is 8.31. The predicted octanol–water partition coefficient (Wildman–Crippen LogP) is 1.25.